The molecule has 0 aromatic heterocycles. The van der Waals surface area contributed by atoms with Crippen LogP contribution in [-0.4, -0.2) is 33.8 Å². The Hall–Kier alpha value is -3.99. The van der Waals surface area contributed by atoms with Gasteiger partial charge in [-0.05, 0) is 68.7 Å². The zero-order chi connectivity index (χ0) is 32.9. The summed E-state index contributed by atoms with van der Waals surface area (Å²) in [5.74, 6) is -1.30. The molecule has 0 aliphatic carbocycles. The third kappa shape index (κ3) is 6.34. The molecular weight excluding hydrogens is 582 g/mol. The third-order valence-corrected chi connectivity index (χ3v) is 10.6. The minimum absolute atomic E-state index is 0.0966. The van der Waals surface area contributed by atoms with Crippen LogP contribution in [0, 0.1) is 0 Å². The predicted octanol–water partition coefficient (Wildman–Crippen LogP) is 11.7. The Balaban J connectivity index is 1.34. The van der Waals surface area contributed by atoms with E-state index in [-0.39, 0.29) is 23.4 Å². The van der Waals surface area contributed by atoms with Crippen molar-refractivity contribution in [2.75, 3.05) is 0 Å². The SMILES string of the molecule is CCCCCCCCCC(CCCCCCCCC)N1C(=O)c2ccc3c4cccc5c(C(=O)O)ccc(c6ccc(c2c36)C1=O)c54. The fourth-order valence-corrected chi connectivity index (χ4v) is 8.10. The summed E-state index contributed by atoms with van der Waals surface area (Å²) in [4.78, 5) is 42.5. The molecule has 5 aromatic carbocycles. The van der Waals surface area contributed by atoms with Crippen LogP contribution >= 0.6 is 0 Å². The highest BCUT2D eigenvalue weighted by Crippen LogP contribution is 2.45. The summed E-state index contributed by atoms with van der Waals surface area (Å²) in [5, 5.41) is 16.9. The molecule has 0 unspecified atom stereocenters. The van der Waals surface area contributed by atoms with E-state index in [1.54, 1.807) is 11.0 Å². The van der Waals surface area contributed by atoms with Gasteiger partial charge in [-0.1, -0.05) is 140 Å². The first-order valence-corrected chi connectivity index (χ1v) is 18.2. The Bertz CT molecular complexity index is 1820. The second-order valence-electron chi connectivity index (χ2n) is 13.7. The van der Waals surface area contributed by atoms with E-state index in [0.29, 0.717) is 16.5 Å². The molecule has 0 atom stereocenters. The fourth-order valence-electron chi connectivity index (χ4n) is 8.10. The van der Waals surface area contributed by atoms with Gasteiger partial charge in [0.15, 0.2) is 0 Å². The second-order valence-corrected chi connectivity index (χ2v) is 13.7. The van der Waals surface area contributed by atoms with E-state index in [1.807, 2.05) is 48.5 Å². The smallest absolute Gasteiger partial charge is 0.336 e. The number of fused-ring (bicyclic) bond motifs is 2. The number of hydrogen-bond donors (Lipinski definition) is 1. The van der Waals surface area contributed by atoms with Gasteiger partial charge >= 0.3 is 5.97 Å². The number of carbonyl (C=O) groups excluding carboxylic acids is 2. The van der Waals surface area contributed by atoms with E-state index in [1.165, 1.54) is 64.2 Å². The van der Waals surface area contributed by atoms with Crippen molar-refractivity contribution in [2.24, 2.45) is 0 Å². The van der Waals surface area contributed by atoms with Gasteiger partial charge in [-0.25, -0.2) is 4.79 Å². The van der Waals surface area contributed by atoms with Crippen molar-refractivity contribution in [3.63, 3.8) is 0 Å². The van der Waals surface area contributed by atoms with Crippen molar-refractivity contribution < 1.29 is 19.5 Å². The number of imide groups is 1. The molecule has 5 nitrogen and oxygen atoms in total. The Labute approximate surface area is 278 Å². The molecular formula is C42H49NO4. The molecule has 5 heteroatoms. The Morgan fingerprint density at radius 2 is 1.00 bits per heavy atom. The molecule has 2 amide bonds. The topological polar surface area (TPSA) is 74.7 Å². The number of hydrogen-bond acceptors (Lipinski definition) is 3. The predicted molar refractivity (Wildman–Crippen MR) is 194 cm³/mol. The van der Waals surface area contributed by atoms with Gasteiger partial charge in [0, 0.05) is 22.6 Å². The van der Waals surface area contributed by atoms with Crippen LogP contribution in [0.2, 0.25) is 0 Å². The van der Waals surface area contributed by atoms with E-state index in [4.69, 9.17) is 0 Å². The van der Waals surface area contributed by atoms with Crippen LogP contribution < -0.4 is 0 Å². The van der Waals surface area contributed by atoms with Crippen molar-refractivity contribution in [2.45, 2.75) is 123 Å². The monoisotopic (exact) mass is 631 g/mol. The van der Waals surface area contributed by atoms with Gasteiger partial charge in [0.25, 0.3) is 11.8 Å². The van der Waals surface area contributed by atoms with Gasteiger partial charge in [-0.15, -0.1) is 0 Å². The van der Waals surface area contributed by atoms with Crippen molar-refractivity contribution >= 4 is 60.9 Å². The molecule has 1 aliphatic heterocycles. The Morgan fingerprint density at radius 3 is 1.53 bits per heavy atom. The van der Waals surface area contributed by atoms with Gasteiger partial charge < -0.3 is 5.11 Å². The molecule has 1 aliphatic rings. The highest BCUT2D eigenvalue weighted by Gasteiger charge is 2.38. The van der Waals surface area contributed by atoms with Crippen molar-refractivity contribution in [3.05, 3.63) is 71.3 Å². The number of amides is 2. The zero-order valence-corrected chi connectivity index (χ0v) is 28.2. The van der Waals surface area contributed by atoms with Crippen LogP contribution in [-0.2, 0) is 0 Å². The van der Waals surface area contributed by atoms with Gasteiger partial charge in [0.2, 0.25) is 0 Å². The summed E-state index contributed by atoms with van der Waals surface area (Å²) in [6.45, 7) is 4.48. The molecule has 0 saturated carbocycles. The normalized spacial score (nSPS) is 13.4. The summed E-state index contributed by atoms with van der Waals surface area (Å²) in [7, 11) is 0. The van der Waals surface area contributed by atoms with Crippen LogP contribution in [0.1, 0.15) is 148 Å². The maximum absolute atomic E-state index is 14.4. The van der Waals surface area contributed by atoms with Gasteiger partial charge in [0.05, 0.1) is 5.56 Å². The number of carboxylic acids is 1. The molecule has 6 rings (SSSR count). The number of rotatable bonds is 18. The Morgan fingerprint density at radius 1 is 0.553 bits per heavy atom. The lowest BCUT2D eigenvalue weighted by Gasteiger charge is -2.35. The van der Waals surface area contributed by atoms with Crippen LogP contribution in [0.5, 0.6) is 0 Å². The van der Waals surface area contributed by atoms with Crippen LogP contribution in [0.3, 0.4) is 0 Å². The van der Waals surface area contributed by atoms with Gasteiger partial charge in [-0.3, -0.25) is 14.5 Å². The van der Waals surface area contributed by atoms with Gasteiger partial charge in [-0.2, -0.15) is 0 Å². The average molecular weight is 632 g/mol. The largest absolute Gasteiger partial charge is 0.478 e. The number of nitrogens with zero attached hydrogens (tertiary/aromatic N) is 1. The van der Waals surface area contributed by atoms with E-state index >= 15 is 0 Å². The molecule has 5 aromatic rings. The highest BCUT2D eigenvalue weighted by atomic mass is 16.4. The maximum Gasteiger partial charge on any atom is 0.336 e. The molecule has 0 fully saturated rings. The molecule has 0 radical (unpaired) electrons. The second kappa shape index (κ2) is 14.8. The molecule has 1 N–H and O–H groups in total. The number of unbranched alkanes of at least 4 members (excludes halogenated alkanes) is 12. The quantitative estimate of drug-likeness (QED) is 0.0452. The van der Waals surface area contributed by atoms with E-state index in [9.17, 15) is 19.5 Å². The molecule has 47 heavy (non-hydrogen) atoms. The zero-order valence-electron chi connectivity index (χ0n) is 28.2. The van der Waals surface area contributed by atoms with Crippen molar-refractivity contribution in [1.82, 2.24) is 4.90 Å². The molecule has 1 heterocycles. The van der Waals surface area contributed by atoms with Crippen molar-refractivity contribution in [3.8, 4) is 0 Å². The van der Waals surface area contributed by atoms with E-state index in [2.05, 4.69) is 13.8 Å². The van der Waals surface area contributed by atoms with Crippen LogP contribution in [0.4, 0.5) is 0 Å². The van der Waals surface area contributed by atoms with Crippen LogP contribution in [0.25, 0.3) is 43.1 Å². The first kappa shape index (κ1) is 32.9. The summed E-state index contributed by atoms with van der Waals surface area (Å²) < 4.78 is 0. The highest BCUT2D eigenvalue weighted by molar-refractivity contribution is 6.39. The summed E-state index contributed by atoms with van der Waals surface area (Å²) in [6.07, 6.45) is 18.6. The van der Waals surface area contributed by atoms with Gasteiger partial charge in [0.1, 0.15) is 0 Å². The lowest BCUT2D eigenvalue weighted by atomic mass is 9.83. The Kier molecular flexibility index (Phi) is 10.4. The van der Waals surface area contributed by atoms with E-state index < -0.39 is 5.97 Å². The number of carbonyl (C=O) groups is 3. The minimum Gasteiger partial charge on any atom is -0.478 e. The number of carboxylic acid groups (broad SMARTS) is 1. The van der Waals surface area contributed by atoms with Crippen LogP contribution in [0.15, 0.2) is 54.6 Å². The standard InChI is InChI=1S/C42H49NO4/c1-3-5-7-9-11-13-15-18-28(19-16-14-12-10-8-6-4-2)43-40(44)35-26-23-32-29-20-17-21-30-34(42(46)47)25-22-31(37(29)30)33-24-27-36(41(43)45)39(35)38(32)33/h17,20-28H,3-16,18-19H2,1-2H3,(H,46,47). The first-order valence-electron chi connectivity index (χ1n) is 18.2. The average Bonchev–Trinajstić information content (AvgIpc) is 3.08. The molecule has 0 bridgehead atoms. The summed E-state index contributed by atoms with van der Waals surface area (Å²) in [5.41, 5.74) is 1.47. The summed E-state index contributed by atoms with van der Waals surface area (Å²) in [6, 6.07) is 17.0. The minimum atomic E-state index is -0.955. The fraction of sp³-hybridized carbons (Fsp3) is 0.452. The summed E-state index contributed by atoms with van der Waals surface area (Å²) >= 11 is 0. The van der Waals surface area contributed by atoms with Crippen molar-refractivity contribution in [1.29, 1.82) is 0 Å². The number of aromatic carboxylic acids is 1. The lowest BCUT2D eigenvalue weighted by molar-refractivity contribution is 0.0516. The van der Waals surface area contributed by atoms with E-state index in [0.717, 1.165) is 76.2 Å². The molecule has 0 spiro atoms. The molecule has 246 valence electrons. The third-order valence-electron chi connectivity index (χ3n) is 10.6. The first-order chi connectivity index (χ1) is 23.0. The molecule has 0 saturated heterocycles. The maximum atomic E-state index is 14.4. The number of benzene rings is 5. The lowest BCUT2D eigenvalue weighted by Crippen LogP contribution is -2.47.